The van der Waals surface area contributed by atoms with Crippen LogP contribution in [-0.4, -0.2) is 28.7 Å². The second-order valence-corrected chi connectivity index (χ2v) is 7.10. The molecule has 24 heavy (non-hydrogen) atoms. The minimum absolute atomic E-state index is 0.164. The van der Waals surface area contributed by atoms with Gasteiger partial charge in [0.2, 0.25) is 10.0 Å². The van der Waals surface area contributed by atoms with Crippen molar-refractivity contribution in [1.82, 2.24) is 4.72 Å². The van der Waals surface area contributed by atoms with E-state index in [0.717, 1.165) is 11.1 Å². The van der Waals surface area contributed by atoms with E-state index in [-0.39, 0.29) is 17.5 Å². The highest BCUT2D eigenvalue weighted by atomic mass is 32.2. The summed E-state index contributed by atoms with van der Waals surface area (Å²) >= 11 is 0. The van der Waals surface area contributed by atoms with Gasteiger partial charge in [-0.1, -0.05) is 24.3 Å². The number of nitrogens with one attached hydrogen (secondary N) is 1. The first-order valence-electron chi connectivity index (χ1n) is 7.78. The minimum atomic E-state index is -3.60. The topological polar surface area (TPSA) is 64.6 Å². The molecule has 1 atom stereocenters. The Morgan fingerprint density at radius 3 is 2.33 bits per heavy atom. The smallest absolute Gasteiger partial charge is 0.240 e. The van der Waals surface area contributed by atoms with E-state index in [2.05, 4.69) is 4.72 Å². The van der Waals surface area contributed by atoms with Crippen molar-refractivity contribution >= 4 is 10.0 Å². The molecule has 0 fully saturated rings. The number of rotatable bonds is 8. The molecule has 0 aliphatic carbocycles. The molecular weight excluding hydrogens is 326 g/mol. The fraction of sp³-hybridized carbons (Fsp3) is 0.333. The summed E-state index contributed by atoms with van der Waals surface area (Å²) in [7, 11) is -2.03. The number of sulfonamides is 1. The summed E-state index contributed by atoms with van der Waals surface area (Å²) in [4.78, 5) is 0.200. The molecule has 1 N–H and O–H groups in total. The average Bonchev–Trinajstić information content (AvgIpc) is 2.57. The third-order valence-corrected chi connectivity index (χ3v) is 5.16. The quantitative estimate of drug-likeness (QED) is 0.795. The summed E-state index contributed by atoms with van der Waals surface area (Å²) < 4.78 is 38.2. The zero-order valence-electron chi connectivity index (χ0n) is 14.2. The molecule has 0 aromatic heterocycles. The lowest BCUT2D eigenvalue weighted by Gasteiger charge is -2.18. The van der Waals surface area contributed by atoms with Gasteiger partial charge in [-0.25, -0.2) is 13.1 Å². The predicted octanol–water partition coefficient (Wildman–Crippen LogP) is 3.06. The Morgan fingerprint density at radius 2 is 1.75 bits per heavy atom. The van der Waals surface area contributed by atoms with Crippen molar-refractivity contribution in [3.05, 3.63) is 59.7 Å². The van der Waals surface area contributed by atoms with Gasteiger partial charge in [0.1, 0.15) is 5.75 Å². The molecule has 0 heterocycles. The van der Waals surface area contributed by atoms with Gasteiger partial charge in [-0.05, 0) is 49.2 Å². The van der Waals surface area contributed by atoms with Crippen molar-refractivity contribution in [2.24, 2.45) is 0 Å². The normalized spacial score (nSPS) is 12.8. The molecule has 6 heteroatoms. The molecule has 0 saturated carbocycles. The van der Waals surface area contributed by atoms with Crippen LogP contribution in [0.3, 0.4) is 0 Å². The summed E-state index contributed by atoms with van der Waals surface area (Å²) in [6, 6.07) is 14.1. The molecule has 0 spiro atoms. The molecule has 0 aliphatic heterocycles. The maximum atomic E-state index is 12.4. The molecule has 2 rings (SSSR count). The first-order valence-corrected chi connectivity index (χ1v) is 9.27. The Labute approximate surface area is 143 Å². The van der Waals surface area contributed by atoms with Gasteiger partial charge in [0.25, 0.3) is 0 Å². The standard InChI is InChI=1S/C18H23NO4S/c1-4-23-15-9-11-16(12-10-15)24(20,21)19-13-18(22-3)17-8-6-5-7-14(17)2/h5-12,18-19H,4,13H2,1-3H3. The molecule has 2 aromatic rings. The van der Waals surface area contributed by atoms with Crippen LogP contribution in [0.2, 0.25) is 0 Å². The van der Waals surface area contributed by atoms with Crippen molar-refractivity contribution in [3.63, 3.8) is 0 Å². The molecule has 0 radical (unpaired) electrons. The van der Waals surface area contributed by atoms with E-state index in [4.69, 9.17) is 9.47 Å². The molecule has 1 unspecified atom stereocenters. The Bertz CT molecular complexity index is 757. The van der Waals surface area contributed by atoms with Crippen LogP contribution in [0.1, 0.15) is 24.2 Å². The second-order valence-electron chi connectivity index (χ2n) is 5.34. The predicted molar refractivity (Wildman–Crippen MR) is 93.7 cm³/mol. The summed E-state index contributed by atoms with van der Waals surface area (Å²) in [5, 5.41) is 0. The average molecular weight is 349 g/mol. The van der Waals surface area contributed by atoms with Gasteiger partial charge in [0.15, 0.2) is 0 Å². The molecule has 2 aromatic carbocycles. The van der Waals surface area contributed by atoms with Crippen molar-refractivity contribution in [2.45, 2.75) is 24.8 Å². The first-order chi connectivity index (χ1) is 11.5. The maximum Gasteiger partial charge on any atom is 0.240 e. The van der Waals surface area contributed by atoms with Gasteiger partial charge < -0.3 is 9.47 Å². The van der Waals surface area contributed by atoms with E-state index >= 15 is 0 Å². The molecule has 130 valence electrons. The molecule has 0 saturated heterocycles. The SMILES string of the molecule is CCOc1ccc(S(=O)(=O)NCC(OC)c2ccccc2C)cc1. The highest BCUT2D eigenvalue weighted by Gasteiger charge is 2.19. The lowest BCUT2D eigenvalue weighted by atomic mass is 10.0. The second kappa shape index (κ2) is 8.28. The van der Waals surface area contributed by atoms with Gasteiger partial charge >= 0.3 is 0 Å². The van der Waals surface area contributed by atoms with E-state index in [1.807, 2.05) is 38.1 Å². The summed E-state index contributed by atoms with van der Waals surface area (Å²) in [5.74, 6) is 0.645. The lowest BCUT2D eigenvalue weighted by molar-refractivity contribution is 0.107. The third kappa shape index (κ3) is 4.56. The monoisotopic (exact) mass is 349 g/mol. The van der Waals surface area contributed by atoms with E-state index < -0.39 is 10.0 Å². The number of hydrogen-bond acceptors (Lipinski definition) is 4. The van der Waals surface area contributed by atoms with Crippen LogP contribution in [-0.2, 0) is 14.8 Å². The van der Waals surface area contributed by atoms with Gasteiger partial charge in [-0.15, -0.1) is 0 Å². The van der Waals surface area contributed by atoms with E-state index in [1.165, 1.54) is 12.1 Å². The lowest BCUT2D eigenvalue weighted by Crippen LogP contribution is -2.29. The third-order valence-electron chi connectivity index (χ3n) is 3.72. The highest BCUT2D eigenvalue weighted by molar-refractivity contribution is 7.89. The van der Waals surface area contributed by atoms with Crippen LogP contribution in [0, 0.1) is 6.92 Å². The van der Waals surface area contributed by atoms with Gasteiger partial charge in [0.05, 0.1) is 17.6 Å². The van der Waals surface area contributed by atoms with Gasteiger partial charge in [-0.2, -0.15) is 0 Å². The van der Waals surface area contributed by atoms with Crippen LogP contribution >= 0.6 is 0 Å². The van der Waals surface area contributed by atoms with Crippen LogP contribution in [0.25, 0.3) is 0 Å². The van der Waals surface area contributed by atoms with Crippen LogP contribution in [0.4, 0.5) is 0 Å². The Kier molecular flexibility index (Phi) is 6.36. The molecular formula is C18H23NO4S. The molecule has 0 aliphatic rings. The number of ether oxygens (including phenoxy) is 2. The number of methoxy groups -OCH3 is 1. The Balaban J connectivity index is 2.09. The van der Waals surface area contributed by atoms with Crippen molar-refractivity contribution in [3.8, 4) is 5.75 Å². The fourth-order valence-corrected chi connectivity index (χ4v) is 3.45. The van der Waals surface area contributed by atoms with Crippen molar-refractivity contribution < 1.29 is 17.9 Å². The Morgan fingerprint density at radius 1 is 1.08 bits per heavy atom. The zero-order chi connectivity index (χ0) is 17.6. The fourth-order valence-electron chi connectivity index (χ4n) is 2.42. The molecule has 5 nitrogen and oxygen atoms in total. The number of aryl methyl sites for hydroxylation is 1. The van der Waals surface area contributed by atoms with Gasteiger partial charge in [0, 0.05) is 13.7 Å². The maximum absolute atomic E-state index is 12.4. The number of hydrogen-bond donors (Lipinski definition) is 1. The van der Waals surface area contributed by atoms with E-state index in [1.54, 1.807) is 19.2 Å². The van der Waals surface area contributed by atoms with Crippen LogP contribution in [0.5, 0.6) is 5.75 Å². The van der Waals surface area contributed by atoms with Crippen LogP contribution in [0.15, 0.2) is 53.4 Å². The largest absolute Gasteiger partial charge is 0.494 e. The van der Waals surface area contributed by atoms with E-state index in [0.29, 0.717) is 12.4 Å². The molecule has 0 bridgehead atoms. The van der Waals surface area contributed by atoms with Gasteiger partial charge in [-0.3, -0.25) is 0 Å². The molecule has 0 amide bonds. The summed E-state index contributed by atoms with van der Waals surface area (Å²) in [6.45, 7) is 4.55. The summed E-state index contributed by atoms with van der Waals surface area (Å²) in [6.07, 6.45) is -0.344. The minimum Gasteiger partial charge on any atom is -0.494 e. The summed E-state index contributed by atoms with van der Waals surface area (Å²) in [5.41, 5.74) is 2.03. The highest BCUT2D eigenvalue weighted by Crippen LogP contribution is 2.21. The van der Waals surface area contributed by atoms with Crippen molar-refractivity contribution in [1.29, 1.82) is 0 Å². The van der Waals surface area contributed by atoms with Crippen molar-refractivity contribution in [2.75, 3.05) is 20.3 Å². The number of benzene rings is 2. The first kappa shape index (κ1) is 18.4. The van der Waals surface area contributed by atoms with E-state index in [9.17, 15) is 8.42 Å². The zero-order valence-corrected chi connectivity index (χ0v) is 15.0. The Hall–Kier alpha value is -1.89. The van der Waals surface area contributed by atoms with Crippen LogP contribution < -0.4 is 9.46 Å².